The van der Waals surface area contributed by atoms with Crippen LogP contribution in [0.2, 0.25) is 0 Å². The van der Waals surface area contributed by atoms with Gasteiger partial charge in [0.15, 0.2) is 0 Å². The Kier molecular flexibility index (Phi) is 6.66. The van der Waals surface area contributed by atoms with E-state index in [9.17, 15) is 0 Å². The number of aliphatic hydroxyl groups excluding tert-OH is 2. The Balaban J connectivity index is 4.03. The van der Waals surface area contributed by atoms with Crippen molar-refractivity contribution in [3.05, 3.63) is 25.3 Å². The number of hydrogen-bond donors (Lipinski definition) is 2. The molecule has 0 aromatic carbocycles. The summed E-state index contributed by atoms with van der Waals surface area (Å²) in [6.45, 7) is 8.51. The molecule has 0 unspecified atom stereocenters. The van der Waals surface area contributed by atoms with Gasteiger partial charge in [0.05, 0.1) is 13.2 Å². The standard InChI is InChI=1S/C9H17NO2/c1-3-9(4-2)10(5-7-11)6-8-12/h3-4,9,11-12H,1-2,5-8H2. The predicted molar refractivity (Wildman–Crippen MR) is 49.9 cm³/mol. The molecule has 0 saturated heterocycles. The molecule has 70 valence electrons. The van der Waals surface area contributed by atoms with Crippen molar-refractivity contribution in [3.8, 4) is 0 Å². The van der Waals surface area contributed by atoms with Gasteiger partial charge in [-0.2, -0.15) is 0 Å². The van der Waals surface area contributed by atoms with E-state index < -0.39 is 0 Å². The van der Waals surface area contributed by atoms with E-state index in [1.807, 2.05) is 4.90 Å². The molecule has 3 heteroatoms. The van der Waals surface area contributed by atoms with Crippen LogP contribution in [0.1, 0.15) is 0 Å². The summed E-state index contributed by atoms with van der Waals surface area (Å²) in [6.07, 6.45) is 3.47. The third kappa shape index (κ3) is 3.67. The minimum atomic E-state index is 0.0318. The second-order valence-corrected chi connectivity index (χ2v) is 2.45. The lowest BCUT2D eigenvalue weighted by Crippen LogP contribution is -2.36. The van der Waals surface area contributed by atoms with Crippen molar-refractivity contribution in [3.63, 3.8) is 0 Å². The van der Waals surface area contributed by atoms with Crippen LogP contribution in [0.25, 0.3) is 0 Å². The highest BCUT2D eigenvalue weighted by Crippen LogP contribution is 2.00. The molecule has 12 heavy (non-hydrogen) atoms. The van der Waals surface area contributed by atoms with E-state index in [1.54, 1.807) is 12.2 Å². The smallest absolute Gasteiger partial charge is 0.0558 e. The highest BCUT2D eigenvalue weighted by molar-refractivity contribution is 4.99. The maximum absolute atomic E-state index is 8.71. The van der Waals surface area contributed by atoms with Crippen LogP contribution in [0.5, 0.6) is 0 Å². The quantitative estimate of drug-likeness (QED) is 0.530. The predicted octanol–water partition coefficient (Wildman–Crippen LogP) is 0.0136. The lowest BCUT2D eigenvalue weighted by molar-refractivity contribution is 0.153. The summed E-state index contributed by atoms with van der Waals surface area (Å²) in [5, 5.41) is 17.4. The number of nitrogens with zero attached hydrogens (tertiary/aromatic N) is 1. The molecule has 0 rings (SSSR count). The summed E-state index contributed by atoms with van der Waals surface area (Å²) in [6, 6.07) is 0.0318. The molecule has 0 aliphatic rings. The molecular formula is C9H17NO2. The molecule has 0 aliphatic carbocycles. The van der Waals surface area contributed by atoms with Crippen LogP contribution < -0.4 is 0 Å². The molecule has 3 nitrogen and oxygen atoms in total. The van der Waals surface area contributed by atoms with Crippen molar-refractivity contribution in [2.75, 3.05) is 26.3 Å². The van der Waals surface area contributed by atoms with Crippen LogP contribution in [-0.4, -0.2) is 47.5 Å². The minimum Gasteiger partial charge on any atom is -0.395 e. The van der Waals surface area contributed by atoms with Gasteiger partial charge in [0.25, 0.3) is 0 Å². The van der Waals surface area contributed by atoms with E-state index in [0.717, 1.165) is 0 Å². The first-order chi connectivity index (χ1) is 5.79. The molecule has 0 saturated carbocycles. The average molecular weight is 171 g/mol. The van der Waals surface area contributed by atoms with Crippen LogP contribution in [0.15, 0.2) is 25.3 Å². The summed E-state index contributed by atoms with van der Waals surface area (Å²) < 4.78 is 0. The monoisotopic (exact) mass is 171 g/mol. The average Bonchev–Trinajstić information content (AvgIpc) is 2.07. The zero-order chi connectivity index (χ0) is 9.40. The molecule has 0 fully saturated rings. The van der Waals surface area contributed by atoms with Crippen molar-refractivity contribution >= 4 is 0 Å². The van der Waals surface area contributed by atoms with Crippen LogP contribution in [0.4, 0.5) is 0 Å². The first-order valence-electron chi connectivity index (χ1n) is 4.01. The summed E-state index contributed by atoms with van der Waals surface area (Å²) >= 11 is 0. The summed E-state index contributed by atoms with van der Waals surface area (Å²) in [5.74, 6) is 0. The van der Waals surface area contributed by atoms with Crippen molar-refractivity contribution < 1.29 is 10.2 Å². The maximum Gasteiger partial charge on any atom is 0.0558 e. The molecular weight excluding hydrogens is 154 g/mol. The first-order valence-corrected chi connectivity index (χ1v) is 4.01. The molecule has 2 N–H and O–H groups in total. The summed E-state index contributed by atoms with van der Waals surface area (Å²) in [4.78, 5) is 1.90. The van der Waals surface area contributed by atoms with Gasteiger partial charge in [-0.3, -0.25) is 4.90 Å². The van der Waals surface area contributed by atoms with Gasteiger partial charge in [-0.15, -0.1) is 13.2 Å². The maximum atomic E-state index is 8.71. The van der Waals surface area contributed by atoms with E-state index >= 15 is 0 Å². The topological polar surface area (TPSA) is 43.7 Å². The van der Waals surface area contributed by atoms with E-state index in [-0.39, 0.29) is 19.3 Å². The van der Waals surface area contributed by atoms with Gasteiger partial charge < -0.3 is 10.2 Å². The number of rotatable bonds is 7. The molecule has 0 aliphatic heterocycles. The van der Waals surface area contributed by atoms with E-state index in [1.165, 1.54) is 0 Å². The van der Waals surface area contributed by atoms with Crippen molar-refractivity contribution in [2.45, 2.75) is 6.04 Å². The Labute approximate surface area is 73.6 Å². The highest BCUT2D eigenvalue weighted by Gasteiger charge is 2.09. The molecule has 0 spiro atoms. The van der Waals surface area contributed by atoms with E-state index in [2.05, 4.69) is 13.2 Å². The third-order valence-electron chi connectivity index (χ3n) is 1.68. The summed E-state index contributed by atoms with van der Waals surface area (Å²) in [5.41, 5.74) is 0. The zero-order valence-electron chi connectivity index (χ0n) is 7.32. The largest absolute Gasteiger partial charge is 0.395 e. The second kappa shape index (κ2) is 7.03. The van der Waals surface area contributed by atoms with Crippen LogP contribution in [-0.2, 0) is 0 Å². The van der Waals surface area contributed by atoms with Crippen LogP contribution >= 0.6 is 0 Å². The molecule has 0 bridgehead atoms. The zero-order valence-corrected chi connectivity index (χ0v) is 7.32. The molecule has 0 radical (unpaired) electrons. The molecule has 0 atom stereocenters. The molecule has 0 heterocycles. The van der Waals surface area contributed by atoms with Gasteiger partial charge in [-0.25, -0.2) is 0 Å². The number of hydrogen-bond acceptors (Lipinski definition) is 3. The second-order valence-electron chi connectivity index (χ2n) is 2.45. The fourth-order valence-corrected chi connectivity index (χ4v) is 1.06. The van der Waals surface area contributed by atoms with Crippen molar-refractivity contribution in [2.24, 2.45) is 0 Å². The normalized spacial score (nSPS) is 10.7. The third-order valence-corrected chi connectivity index (χ3v) is 1.68. The SMILES string of the molecule is C=CC(C=C)N(CCO)CCO. The first kappa shape index (κ1) is 11.4. The van der Waals surface area contributed by atoms with Crippen molar-refractivity contribution in [1.29, 1.82) is 0 Å². The Morgan fingerprint density at radius 3 is 1.75 bits per heavy atom. The van der Waals surface area contributed by atoms with Gasteiger partial charge in [0.1, 0.15) is 0 Å². The lowest BCUT2D eigenvalue weighted by Gasteiger charge is -2.25. The van der Waals surface area contributed by atoms with Crippen LogP contribution in [0, 0.1) is 0 Å². The van der Waals surface area contributed by atoms with Gasteiger partial charge in [0.2, 0.25) is 0 Å². The Morgan fingerprint density at radius 1 is 1.08 bits per heavy atom. The lowest BCUT2D eigenvalue weighted by atomic mass is 10.2. The number of aliphatic hydroxyl groups is 2. The molecule has 0 amide bonds. The Morgan fingerprint density at radius 2 is 1.50 bits per heavy atom. The summed E-state index contributed by atoms with van der Waals surface area (Å²) in [7, 11) is 0. The van der Waals surface area contributed by atoms with Crippen molar-refractivity contribution in [1.82, 2.24) is 4.90 Å². The molecule has 0 aromatic heterocycles. The fourth-order valence-electron chi connectivity index (χ4n) is 1.06. The van der Waals surface area contributed by atoms with Crippen LogP contribution in [0.3, 0.4) is 0 Å². The fraction of sp³-hybridized carbons (Fsp3) is 0.556. The Bertz CT molecular complexity index is 122. The van der Waals surface area contributed by atoms with Gasteiger partial charge in [0, 0.05) is 19.1 Å². The van der Waals surface area contributed by atoms with Gasteiger partial charge >= 0.3 is 0 Å². The van der Waals surface area contributed by atoms with Gasteiger partial charge in [-0.1, -0.05) is 12.2 Å². The Hall–Kier alpha value is -0.640. The highest BCUT2D eigenvalue weighted by atomic mass is 16.3. The van der Waals surface area contributed by atoms with Gasteiger partial charge in [-0.05, 0) is 0 Å². The van der Waals surface area contributed by atoms with E-state index in [4.69, 9.17) is 10.2 Å². The van der Waals surface area contributed by atoms with E-state index in [0.29, 0.717) is 13.1 Å². The molecule has 0 aromatic rings. The minimum absolute atomic E-state index is 0.0318.